The Bertz CT molecular complexity index is 1020. The van der Waals surface area contributed by atoms with Crippen LogP contribution in [-0.4, -0.2) is 30.3 Å². The van der Waals surface area contributed by atoms with Gasteiger partial charge in [0.15, 0.2) is 11.2 Å². The van der Waals surface area contributed by atoms with Gasteiger partial charge in [-0.05, 0) is 13.3 Å². The van der Waals surface area contributed by atoms with Crippen molar-refractivity contribution in [3.8, 4) is 6.07 Å². The van der Waals surface area contributed by atoms with E-state index in [2.05, 4.69) is 13.0 Å². The number of nitrogens with zero attached hydrogens (tertiary/aromatic N) is 2. The van der Waals surface area contributed by atoms with Gasteiger partial charge in [0.25, 0.3) is 0 Å². The molecule has 4 rings (SSSR count). The van der Waals surface area contributed by atoms with Crippen molar-refractivity contribution in [1.29, 1.82) is 5.26 Å². The summed E-state index contributed by atoms with van der Waals surface area (Å²) in [5.74, 6) is -1.15. The molecular formula is C21H21N3O4. The van der Waals surface area contributed by atoms with Crippen LogP contribution in [0.25, 0.3) is 0 Å². The van der Waals surface area contributed by atoms with E-state index in [0.717, 1.165) is 12.8 Å². The summed E-state index contributed by atoms with van der Waals surface area (Å²) in [4.78, 5) is 28.6. The molecule has 1 aromatic rings. The lowest BCUT2D eigenvalue weighted by Gasteiger charge is -2.41. The molecule has 0 aromatic heterocycles. The minimum atomic E-state index is -1.65. The Hall–Kier alpha value is -3.27. The van der Waals surface area contributed by atoms with E-state index < -0.39 is 17.1 Å². The molecule has 1 aliphatic carbocycles. The van der Waals surface area contributed by atoms with Gasteiger partial charge >= 0.3 is 5.97 Å². The highest BCUT2D eigenvalue weighted by molar-refractivity contribution is 6.17. The molecule has 2 heterocycles. The van der Waals surface area contributed by atoms with Crippen LogP contribution in [0.15, 0.2) is 47.0 Å². The van der Waals surface area contributed by atoms with Crippen LogP contribution in [0.2, 0.25) is 0 Å². The standard InChI is InChI=1S/C21H21N3O4/c1-4-5-10-24-12(2)16(19(26)27-3)20-15(11-22)18(23)28-21(20,24)14-9-7-6-8-13(14)17(20)25/h6-9H,4-5,10,23H2,1-3H3/t20-,21-/m1/s1. The second-order valence-electron chi connectivity index (χ2n) is 7.18. The summed E-state index contributed by atoms with van der Waals surface area (Å²) >= 11 is 0. The van der Waals surface area contributed by atoms with Crippen LogP contribution < -0.4 is 5.73 Å². The number of benzene rings is 1. The Kier molecular flexibility index (Phi) is 3.79. The van der Waals surface area contributed by atoms with Gasteiger partial charge in [0, 0.05) is 23.4 Å². The van der Waals surface area contributed by atoms with Gasteiger partial charge in [0.2, 0.25) is 11.6 Å². The van der Waals surface area contributed by atoms with Crippen molar-refractivity contribution in [1.82, 2.24) is 4.90 Å². The third kappa shape index (κ3) is 1.69. The zero-order chi connectivity index (χ0) is 20.3. The fourth-order valence-electron chi connectivity index (χ4n) is 4.98. The first-order valence-electron chi connectivity index (χ1n) is 9.24. The molecule has 0 unspecified atom stereocenters. The lowest BCUT2D eigenvalue weighted by atomic mass is 9.68. The fourth-order valence-corrected chi connectivity index (χ4v) is 4.98. The molecule has 2 aliphatic heterocycles. The normalized spacial score (nSPS) is 27.4. The highest BCUT2D eigenvalue weighted by Crippen LogP contribution is 2.70. The van der Waals surface area contributed by atoms with E-state index in [1.54, 1.807) is 25.1 Å². The Balaban J connectivity index is 2.13. The van der Waals surface area contributed by atoms with E-state index in [0.29, 0.717) is 23.4 Å². The number of nitriles is 1. The highest BCUT2D eigenvalue weighted by atomic mass is 16.5. The zero-order valence-corrected chi connectivity index (χ0v) is 16.0. The van der Waals surface area contributed by atoms with Gasteiger partial charge in [-0.25, -0.2) is 4.79 Å². The van der Waals surface area contributed by atoms with Crippen LogP contribution in [0, 0.1) is 16.7 Å². The largest absolute Gasteiger partial charge is 0.466 e. The Morgan fingerprint density at radius 2 is 2.11 bits per heavy atom. The molecule has 1 aromatic carbocycles. The molecule has 7 heteroatoms. The third-order valence-corrected chi connectivity index (χ3v) is 6.02. The van der Waals surface area contributed by atoms with Gasteiger partial charge in [-0.3, -0.25) is 4.79 Å². The first kappa shape index (κ1) is 18.1. The number of hydrogen-bond acceptors (Lipinski definition) is 7. The Labute approximate surface area is 163 Å². The quantitative estimate of drug-likeness (QED) is 0.800. The number of ether oxygens (including phenoxy) is 2. The van der Waals surface area contributed by atoms with E-state index in [4.69, 9.17) is 15.2 Å². The van der Waals surface area contributed by atoms with Crippen LogP contribution in [0.3, 0.4) is 0 Å². The molecule has 0 fully saturated rings. The summed E-state index contributed by atoms with van der Waals surface area (Å²) in [5.41, 5.74) is 4.78. The van der Waals surface area contributed by atoms with Crippen LogP contribution in [0.5, 0.6) is 0 Å². The van der Waals surface area contributed by atoms with Crippen LogP contribution in [-0.2, 0) is 20.0 Å². The number of unbranched alkanes of at least 4 members (excludes halogenated alkanes) is 1. The second-order valence-corrected chi connectivity index (χ2v) is 7.18. The van der Waals surface area contributed by atoms with Gasteiger partial charge in [-0.15, -0.1) is 0 Å². The molecule has 28 heavy (non-hydrogen) atoms. The van der Waals surface area contributed by atoms with Crippen molar-refractivity contribution in [2.45, 2.75) is 32.4 Å². The van der Waals surface area contributed by atoms with Gasteiger partial charge in [-0.1, -0.05) is 37.6 Å². The zero-order valence-electron chi connectivity index (χ0n) is 16.0. The van der Waals surface area contributed by atoms with Crippen molar-refractivity contribution in [3.05, 3.63) is 58.1 Å². The van der Waals surface area contributed by atoms with E-state index in [1.807, 2.05) is 11.0 Å². The summed E-state index contributed by atoms with van der Waals surface area (Å²) in [6, 6.07) is 9.11. The molecular weight excluding hydrogens is 358 g/mol. The van der Waals surface area contributed by atoms with E-state index >= 15 is 0 Å². The number of ketones is 1. The molecule has 7 nitrogen and oxygen atoms in total. The summed E-state index contributed by atoms with van der Waals surface area (Å²) in [5, 5.41) is 9.93. The van der Waals surface area contributed by atoms with Crippen molar-refractivity contribution in [3.63, 3.8) is 0 Å². The number of carbonyl (C=O) groups is 2. The van der Waals surface area contributed by atoms with Crippen molar-refractivity contribution >= 4 is 11.8 Å². The number of rotatable bonds is 4. The SMILES string of the molecule is CCCCN1C(C)=C(C(=O)OC)[C@]23C(=O)c4ccccc4[C@]12OC(N)=C3C#N. The number of esters is 1. The number of nitrogens with two attached hydrogens (primary N) is 1. The van der Waals surface area contributed by atoms with E-state index in [-0.39, 0.29) is 22.8 Å². The molecule has 0 spiro atoms. The number of Topliss-reactive ketones (excluding diaryl/α,β-unsaturated/α-hetero) is 1. The molecule has 0 saturated carbocycles. The monoisotopic (exact) mass is 379 g/mol. The van der Waals surface area contributed by atoms with E-state index in [9.17, 15) is 14.9 Å². The van der Waals surface area contributed by atoms with Crippen molar-refractivity contribution < 1.29 is 19.1 Å². The minimum absolute atomic E-state index is 0.0348. The molecule has 0 amide bonds. The molecule has 0 saturated heterocycles. The highest BCUT2D eigenvalue weighted by Gasteiger charge is 2.80. The van der Waals surface area contributed by atoms with Gasteiger partial charge in [0.1, 0.15) is 11.6 Å². The summed E-state index contributed by atoms with van der Waals surface area (Å²) in [7, 11) is 1.26. The van der Waals surface area contributed by atoms with E-state index in [1.165, 1.54) is 7.11 Å². The first-order valence-corrected chi connectivity index (χ1v) is 9.24. The van der Waals surface area contributed by atoms with Crippen molar-refractivity contribution in [2.75, 3.05) is 13.7 Å². The molecule has 0 bridgehead atoms. The number of carbonyl (C=O) groups excluding carboxylic acids is 2. The fraction of sp³-hybridized carbons (Fsp3) is 0.381. The second kappa shape index (κ2) is 5.86. The first-order chi connectivity index (χ1) is 13.4. The maximum Gasteiger partial charge on any atom is 0.337 e. The Morgan fingerprint density at radius 1 is 1.39 bits per heavy atom. The number of fused-ring (bicyclic) bond motifs is 1. The number of methoxy groups -OCH3 is 1. The number of allylic oxidation sites excluding steroid dienone is 1. The van der Waals surface area contributed by atoms with Gasteiger partial charge < -0.3 is 20.1 Å². The average Bonchev–Trinajstić information content (AvgIpc) is 3.16. The maximum absolute atomic E-state index is 13.8. The summed E-state index contributed by atoms with van der Waals surface area (Å²) in [6.07, 6.45) is 1.72. The summed E-state index contributed by atoms with van der Waals surface area (Å²) < 4.78 is 11.2. The predicted octanol–water partition coefficient (Wildman–Crippen LogP) is 2.31. The lowest BCUT2D eigenvalue weighted by molar-refractivity contribution is -0.141. The van der Waals surface area contributed by atoms with Gasteiger partial charge in [-0.2, -0.15) is 5.26 Å². The molecule has 0 radical (unpaired) electrons. The summed E-state index contributed by atoms with van der Waals surface area (Å²) in [6.45, 7) is 4.36. The topological polar surface area (TPSA) is 106 Å². The molecule has 144 valence electrons. The molecule has 3 aliphatic rings. The lowest BCUT2D eigenvalue weighted by Crippen LogP contribution is -2.52. The van der Waals surface area contributed by atoms with Crippen molar-refractivity contribution in [2.24, 2.45) is 11.1 Å². The smallest absolute Gasteiger partial charge is 0.337 e. The predicted molar refractivity (Wildman–Crippen MR) is 99.1 cm³/mol. The van der Waals surface area contributed by atoms with Crippen LogP contribution in [0.1, 0.15) is 42.6 Å². The molecule has 2 atom stereocenters. The molecule has 2 N–H and O–H groups in total. The Morgan fingerprint density at radius 3 is 2.75 bits per heavy atom. The minimum Gasteiger partial charge on any atom is -0.466 e. The van der Waals surface area contributed by atoms with Crippen LogP contribution in [0.4, 0.5) is 0 Å². The van der Waals surface area contributed by atoms with Crippen LogP contribution >= 0.6 is 0 Å². The van der Waals surface area contributed by atoms with Gasteiger partial charge in [0.05, 0.1) is 12.7 Å². The third-order valence-electron chi connectivity index (χ3n) is 6.02. The average molecular weight is 379 g/mol. The number of hydrogen-bond donors (Lipinski definition) is 1. The maximum atomic E-state index is 13.8.